The molecule has 0 bridgehead atoms. The van der Waals surface area contributed by atoms with Crippen LogP contribution in [0.2, 0.25) is 5.02 Å². The molecule has 0 N–H and O–H groups in total. The van der Waals surface area contributed by atoms with Gasteiger partial charge in [0.1, 0.15) is 10.6 Å². The molecule has 5 heteroatoms. The van der Waals surface area contributed by atoms with E-state index in [0.29, 0.717) is 15.6 Å². The zero-order valence-electron chi connectivity index (χ0n) is 16.6. The highest BCUT2D eigenvalue weighted by molar-refractivity contribution is 7.29. The van der Waals surface area contributed by atoms with E-state index in [2.05, 4.69) is 19.9 Å². The van der Waals surface area contributed by atoms with Crippen LogP contribution < -0.4 is 4.74 Å². The summed E-state index contributed by atoms with van der Waals surface area (Å²) in [6.07, 6.45) is 9.62. The van der Waals surface area contributed by atoms with Crippen LogP contribution in [0.4, 0.5) is 0 Å². The molecule has 1 aromatic carbocycles. The van der Waals surface area contributed by atoms with Crippen LogP contribution in [0.25, 0.3) is 9.40 Å². The Labute approximate surface area is 180 Å². The largest absolute Gasteiger partial charge is 0.422 e. The molecule has 0 amide bonds. The van der Waals surface area contributed by atoms with Gasteiger partial charge in [0.15, 0.2) is 0 Å². The standard InChI is InChI=1S/C23H27ClO2S2/c1-3-5-6-7-8-10-18-15-19-21(27-18)20(24)22(28-19)23(25)26-17-13-11-16(9-4-2)12-14-17/h11-15H,3-10H2,1-2H3. The quantitative estimate of drug-likeness (QED) is 0.182. The Kier molecular flexibility index (Phi) is 7.95. The van der Waals surface area contributed by atoms with Crippen molar-refractivity contribution in [1.82, 2.24) is 0 Å². The topological polar surface area (TPSA) is 26.3 Å². The number of rotatable bonds is 10. The molecule has 0 aliphatic rings. The van der Waals surface area contributed by atoms with Crippen molar-refractivity contribution in [2.24, 2.45) is 0 Å². The molecule has 0 spiro atoms. The van der Waals surface area contributed by atoms with Crippen molar-refractivity contribution < 1.29 is 9.53 Å². The molecule has 2 heterocycles. The zero-order valence-corrected chi connectivity index (χ0v) is 18.9. The summed E-state index contributed by atoms with van der Waals surface area (Å²) in [6, 6.07) is 9.90. The van der Waals surface area contributed by atoms with Crippen molar-refractivity contribution in [3.05, 3.63) is 50.7 Å². The number of thiophene rings is 2. The Bertz CT molecular complexity index is 909. The molecule has 0 aliphatic heterocycles. The van der Waals surface area contributed by atoms with E-state index in [1.54, 1.807) is 11.3 Å². The van der Waals surface area contributed by atoms with E-state index in [0.717, 1.165) is 28.7 Å². The fraction of sp³-hybridized carbons (Fsp3) is 0.435. The van der Waals surface area contributed by atoms with Gasteiger partial charge in [-0.25, -0.2) is 4.79 Å². The minimum absolute atomic E-state index is 0.372. The minimum atomic E-state index is -0.372. The highest BCUT2D eigenvalue weighted by Gasteiger charge is 2.21. The average molecular weight is 435 g/mol. The summed E-state index contributed by atoms with van der Waals surface area (Å²) in [6.45, 7) is 4.38. The van der Waals surface area contributed by atoms with E-state index in [1.165, 1.54) is 53.9 Å². The van der Waals surface area contributed by atoms with E-state index in [4.69, 9.17) is 16.3 Å². The SMILES string of the molecule is CCCCCCCc1cc2sc(C(=O)Oc3ccc(CCC)cc3)c(Cl)c2s1. The predicted octanol–water partition coefficient (Wildman–Crippen LogP) is 8.30. The average Bonchev–Trinajstić information content (AvgIpc) is 3.22. The Hall–Kier alpha value is -1.36. The third kappa shape index (κ3) is 5.37. The van der Waals surface area contributed by atoms with Crippen LogP contribution in [0, 0.1) is 0 Å². The predicted molar refractivity (Wildman–Crippen MR) is 123 cm³/mol. The van der Waals surface area contributed by atoms with Crippen LogP contribution in [0.1, 0.15) is 72.5 Å². The number of halogens is 1. The van der Waals surface area contributed by atoms with Crippen LogP contribution in [0.3, 0.4) is 0 Å². The summed E-state index contributed by atoms with van der Waals surface area (Å²) in [5, 5.41) is 0.537. The molecule has 0 aliphatic carbocycles. The van der Waals surface area contributed by atoms with Gasteiger partial charge in [0.25, 0.3) is 0 Å². The monoisotopic (exact) mass is 434 g/mol. The second kappa shape index (κ2) is 10.4. The van der Waals surface area contributed by atoms with Crippen molar-refractivity contribution in [3.8, 4) is 5.75 Å². The van der Waals surface area contributed by atoms with Gasteiger partial charge in [-0.2, -0.15) is 0 Å². The number of benzene rings is 1. The summed E-state index contributed by atoms with van der Waals surface area (Å²) >= 11 is 9.67. The van der Waals surface area contributed by atoms with Crippen LogP contribution in [-0.2, 0) is 12.8 Å². The van der Waals surface area contributed by atoms with Crippen LogP contribution >= 0.6 is 34.3 Å². The second-order valence-corrected chi connectivity index (χ2v) is 9.67. The molecule has 0 fully saturated rings. The third-order valence-electron chi connectivity index (χ3n) is 4.74. The molecule has 0 saturated carbocycles. The molecule has 0 unspecified atom stereocenters. The van der Waals surface area contributed by atoms with Gasteiger partial charge in [0, 0.05) is 9.58 Å². The molecule has 28 heavy (non-hydrogen) atoms. The van der Waals surface area contributed by atoms with E-state index in [1.807, 2.05) is 24.3 Å². The maximum atomic E-state index is 12.6. The van der Waals surface area contributed by atoms with Crippen molar-refractivity contribution in [1.29, 1.82) is 0 Å². The Balaban J connectivity index is 1.63. The number of carbonyl (C=O) groups excluding carboxylic acids is 1. The molecule has 0 atom stereocenters. The molecule has 0 saturated heterocycles. The van der Waals surface area contributed by atoms with Gasteiger partial charge < -0.3 is 4.74 Å². The Morgan fingerprint density at radius 3 is 2.39 bits per heavy atom. The number of fused-ring (bicyclic) bond motifs is 1. The van der Waals surface area contributed by atoms with Gasteiger partial charge >= 0.3 is 5.97 Å². The van der Waals surface area contributed by atoms with Gasteiger partial charge in [-0.15, -0.1) is 22.7 Å². The van der Waals surface area contributed by atoms with Crippen molar-refractivity contribution >= 4 is 49.6 Å². The first-order valence-corrected chi connectivity index (χ1v) is 12.1. The molecule has 0 radical (unpaired) electrons. The lowest BCUT2D eigenvalue weighted by molar-refractivity contribution is 0.0740. The number of ether oxygens (including phenoxy) is 1. The van der Waals surface area contributed by atoms with Crippen LogP contribution in [-0.4, -0.2) is 5.97 Å². The van der Waals surface area contributed by atoms with Crippen molar-refractivity contribution in [2.45, 2.75) is 65.2 Å². The van der Waals surface area contributed by atoms with Crippen LogP contribution in [0.5, 0.6) is 5.75 Å². The first-order valence-electron chi connectivity index (χ1n) is 10.1. The summed E-state index contributed by atoms with van der Waals surface area (Å²) in [5.41, 5.74) is 1.25. The van der Waals surface area contributed by atoms with Crippen molar-refractivity contribution in [3.63, 3.8) is 0 Å². The summed E-state index contributed by atoms with van der Waals surface area (Å²) in [7, 11) is 0. The highest BCUT2D eigenvalue weighted by atomic mass is 35.5. The lowest BCUT2D eigenvalue weighted by Gasteiger charge is -2.04. The second-order valence-electron chi connectivity index (χ2n) is 7.10. The number of esters is 1. The number of hydrogen-bond acceptors (Lipinski definition) is 4. The zero-order chi connectivity index (χ0) is 19.9. The lowest BCUT2D eigenvalue weighted by atomic mass is 10.1. The first kappa shape index (κ1) is 21.4. The van der Waals surface area contributed by atoms with Crippen LogP contribution in [0.15, 0.2) is 30.3 Å². The molecular formula is C23H27ClO2S2. The summed E-state index contributed by atoms with van der Waals surface area (Å²) in [4.78, 5) is 14.4. The highest BCUT2D eigenvalue weighted by Crippen LogP contribution is 2.41. The molecule has 2 nitrogen and oxygen atoms in total. The number of aryl methyl sites for hydroxylation is 2. The van der Waals surface area contributed by atoms with E-state index in [9.17, 15) is 4.79 Å². The smallest absolute Gasteiger partial charge is 0.355 e. The maximum Gasteiger partial charge on any atom is 0.355 e. The lowest BCUT2D eigenvalue weighted by Crippen LogP contribution is -2.06. The Morgan fingerprint density at radius 2 is 1.71 bits per heavy atom. The molecular weight excluding hydrogens is 408 g/mol. The molecule has 3 rings (SSSR count). The van der Waals surface area contributed by atoms with E-state index >= 15 is 0 Å². The van der Waals surface area contributed by atoms with Gasteiger partial charge in [-0.3, -0.25) is 0 Å². The van der Waals surface area contributed by atoms with Gasteiger partial charge in [-0.1, -0.05) is 69.7 Å². The number of unbranched alkanes of at least 4 members (excludes halogenated alkanes) is 4. The molecule has 3 aromatic rings. The normalized spacial score (nSPS) is 11.2. The maximum absolute atomic E-state index is 12.6. The first-order chi connectivity index (χ1) is 13.6. The summed E-state index contributed by atoms with van der Waals surface area (Å²) in [5.74, 6) is 0.188. The fourth-order valence-corrected chi connectivity index (χ4v) is 6.06. The Morgan fingerprint density at radius 1 is 0.964 bits per heavy atom. The number of carbonyl (C=O) groups is 1. The summed E-state index contributed by atoms with van der Waals surface area (Å²) < 4.78 is 7.64. The van der Waals surface area contributed by atoms with Gasteiger partial charge in [0.2, 0.25) is 0 Å². The fourth-order valence-electron chi connectivity index (χ4n) is 3.23. The van der Waals surface area contributed by atoms with Crippen molar-refractivity contribution in [2.75, 3.05) is 0 Å². The minimum Gasteiger partial charge on any atom is -0.422 e. The molecule has 2 aromatic heterocycles. The number of hydrogen-bond donors (Lipinski definition) is 0. The van der Waals surface area contributed by atoms with Gasteiger partial charge in [0.05, 0.1) is 9.72 Å². The van der Waals surface area contributed by atoms with E-state index in [-0.39, 0.29) is 5.97 Å². The van der Waals surface area contributed by atoms with Gasteiger partial charge in [-0.05, 0) is 43.0 Å². The third-order valence-corrected chi connectivity index (χ3v) is 7.80. The van der Waals surface area contributed by atoms with E-state index < -0.39 is 0 Å². The molecule has 150 valence electrons.